The van der Waals surface area contributed by atoms with E-state index in [1.165, 1.54) is 12.0 Å². The summed E-state index contributed by atoms with van der Waals surface area (Å²) in [7, 11) is 0. The molecule has 1 aromatic rings. The molecule has 0 spiro atoms. The van der Waals surface area contributed by atoms with Gasteiger partial charge in [0.05, 0.1) is 0 Å². The summed E-state index contributed by atoms with van der Waals surface area (Å²) in [5.41, 5.74) is 1.08. The number of amides is 1. The summed E-state index contributed by atoms with van der Waals surface area (Å²) in [5.74, 6) is 0.587. The van der Waals surface area contributed by atoms with Crippen LogP contribution in [0.4, 0.5) is 4.79 Å². The van der Waals surface area contributed by atoms with Gasteiger partial charge in [0.15, 0.2) is 0 Å². The van der Waals surface area contributed by atoms with Crippen LogP contribution in [0.3, 0.4) is 0 Å². The third-order valence-corrected chi connectivity index (χ3v) is 4.69. The molecule has 2 aliphatic rings. The molecule has 4 heteroatoms. The van der Waals surface area contributed by atoms with Gasteiger partial charge in [0.1, 0.15) is 5.60 Å². The van der Waals surface area contributed by atoms with Gasteiger partial charge in [-0.15, -0.1) is 0 Å². The Balaban J connectivity index is 1.73. The van der Waals surface area contributed by atoms with Crippen LogP contribution >= 0.6 is 15.9 Å². The van der Waals surface area contributed by atoms with Crippen LogP contribution in [-0.2, 0) is 10.2 Å². The van der Waals surface area contributed by atoms with Gasteiger partial charge >= 0.3 is 6.09 Å². The zero-order chi connectivity index (χ0) is 14.5. The van der Waals surface area contributed by atoms with Crippen LogP contribution < -0.4 is 0 Å². The Morgan fingerprint density at radius 1 is 1.45 bits per heavy atom. The fraction of sp³-hybridized carbons (Fsp3) is 0.562. The summed E-state index contributed by atoms with van der Waals surface area (Å²) in [6.45, 7) is 7.33. The molecule has 1 aliphatic heterocycles. The van der Waals surface area contributed by atoms with Crippen molar-refractivity contribution < 1.29 is 9.53 Å². The number of ether oxygens (including phenoxy) is 1. The maximum Gasteiger partial charge on any atom is 0.410 e. The topological polar surface area (TPSA) is 29.5 Å². The number of likely N-dealkylation sites (tertiary alicyclic amines) is 1. The van der Waals surface area contributed by atoms with Crippen molar-refractivity contribution in [1.82, 2.24) is 4.90 Å². The van der Waals surface area contributed by atoms with Gasteiger partial charge in [-0.2, -0.15) is 0 Å². The average Bonchev–Trinajstić information content (AvgIpc) is 2.90. The van der Waals surface area contributed by atoms with Crippen molar-refractivity contribution in [2.45, 2.75) is 38.2 Å². The number of carbonyl (C=O) groups is 1. The van der Waals surface area contributed by atoms with Crippen molar-refractivity contribution in [1.29, 1.82) is 0 Å². The quantitative estimate of drug-likeness (QED) is 0.776. The Morgan fingerprint density at radius 3 is 2.85 bits per heavy atom. The SMILES string of the molecule is CC(C)(C)OC(=O)N1C[C@@H]2C[C@]2(c2cccc(Br)c2)C1. The number of nitrogens with zero attached hydrogens (tertiary/aromatic N) is 1. The summed E-state index contributed by atoms with van der Waals surface area (Å²) in [6.07, 6.45) is 1.00. The minimum Gasteiger partial charge on any atom is -0.444 e. The van der Waals surface area contributed by atoms with E-state index in [2.05, 4.69) is 34.1 Å². The minimum atomic E-state index is -0.424. The number of rotatable bonds is 1. The molecule has 0 N–H and O–H groups in total. The first-order valence-corrected chi connectivity index (χ1v) is 7.83. The highest BCUT2D eigenvalue weighted by atomic mass is 79.9. The Bertz CT molecular complexity index is 552. The smallest absolute Gasteiger partial charge is 0.410 e. The lowest BCUT2D eigenvalue weighted by Crippen LogP contribution is -2.37. The van der Waals surface area contributed by atoms with E-state index in [-0.39, 0.29) is 11.5 Å². The van der Waals surface area contributed by atoms with Crippen LogP contribution in [0.15, 0.2) is 28.7 Å². The van der Waals surface area contributed by atoms with Crippen LogP contribution in [0.25, 0.3) is 0 Å². The Labute approximate surface area is 128 Å². The first-order valence-electron chi connectivity index (χ1n) is 7.04. The van der Waals surface area contributed by atoms with Crippen LogP contribution in [-0.4, -0.2) is 29.7 Å². The molecule has 20 heavy (non-hydrogen) atoms. The molecule has 1 amide bonds. The molecular formula is C16H20BrNO2. The number of carbonyl (C=O) groups excluding carboxylic acids is 1. The third-order valence-electron chi connectivity index (χ3n) is 4.20. The van der Waals surface area contributed by atoms with Crippen molar-refractivity contribution in [3.05, 3.63) is 34.3 Å². The molecule has 1 saturated carbocycles. The van der Waals surface area contributed by atoms with Crippen molar-refractivity contribution >= 4 is 22.0 Å². The van der Waals surface area contributed by atoms with Gasteiger partial charge in [0, 0.05) is 23.0 Å². The van der Waals surface area contributed by atoms with Gasteiger partial charge in [-0.05, 0) is 50.8 Å². The van der Waals surface area contributed by atoms with Gasteiger partial charge in [-0.3, -0.25) is 0 Å². The number of halogens is 1. The fourth-order valence-corrected chi connectivity index (χ4v) is 3.59. The number of fused-ring (bicyclic) bond motifs is 1. The lowest BCUT2D eigenvalue weighted by molar-refractivity contribution is 0.0270. The van der Waals surface area contributed by atoms with E-state index in [0.29, 0.717) is 5.92 Å². The molecule has 1 saturated heterocycles. The zero-order valence-corrected chi connectivity index (χ0v) is 13.7. The fourth-order valence-electron chi connectivity index (χ4n) is 3.19. The lowest BCUT2D eigenvalue weighted by atomic mass is 9.95. The monoisotopic (exact) mass is 337 g/mol. The summed E-state index contributed by atoms with van der Waals surface area (Å²) in [4.78, 5) is 14.0. The van der Waals surface area contributed by atoms with E-state index in [1.807, 2.05) is 31.7 Å². The van der Waals surface area contributed by atoms with Crippen LogP contribution in [0.1, 0.15) is 32.8 Å². The number of benzene rings is 1. The Kier molecular flexibility index (Phi) is 3.12. The number of hydrogen-bond donors (Lipinski definition) is 0. The van der Waals surface area contributed by atoms with Crippen LogP contribution in [0.5, 0.6) is 0 Å². The molecule has 2 atom stereocenters. The van der Waals surface area contributed by atoms with Crippen LogP contribution in [0, 0.1) is 5.92 Å². The Morgan fingerprint density at radius 2 is 2.20 bits per heavy atom. The van der Waals surface area contributed by atoms with Crippen molar-refractivity contribution in [2.75, 3.05) is 13.1 Å². The standard InChI is InChI=1S/C16H20BrNO2/c1-15(2,3)20-14(19)18-9-12-8-16(12,10-18)11-5-4-6-13(17)7-11/h4-7,12H,8-10H2,1-3H3/t12-,16+/m0/s1. The molecule has 1 aliphatic carbocycles. The van der Waals surface area contributed by atoms with Gasteiger partial charge < -0.3 is 9.64 Å². The molecule has 1 aromatic carbocycles. The summed E-state index contributed by atoms with van der Waals surface area (Å²) in [6, 6.07) is 8.46. The summed E-state index contributed by atoms with van der Waals surface area (Å²) < 4.78 is 6.58. The molecule has 1 heterocycles. The van der Waals surface area contributed by atoms with E-state index < -0.39 is 5.60 Å². The minimum absolute atomic E-state index is 0.167. The maximum absolute atomic E-state index is 12.2. The maximum atomic E-state index is 12.2. The van der Waals surface area contributed by atoms with Crippen LogP contribution in [0.2, 0.25) is 0 Å². The van der Waals surface area contributed by atoms with Crippen molar-refractivity contribution in [2.24, 2.45) is 5.92 Å². The highest BCUT2D eigenvalue weighted by Crippen LogP contribution is 2.59. The number of piperidine rings is 1. The van der Waals surface area contributed by atoms with E-state index >= 15 is 0 Å². The van der Waals surface area contributed by atoms with E-state index in [4.69, 9.17) is 4.74 Å². The third kappa shape index (κ3) is 2.46. The summed E-state index contributed by atoms with van der Waals surface area (Å²) in [5, 5.41) is 0. The molecule has 0 radical (unpaired) electrons. The molecule has 0 bridgehead atoms. The molecule has 3 nitrogen and oxygen atoms in total. The summed E-state index contributed by atoms with van der Waals surface area (Å²) >= 11 is 3.53. The molecular weight excluding hydrogens is 318 g/mol. The van der Waals surface area contributed by atoms with Gasteiger partial charge in [-0.1, -0.05) is 28.1 Å². The second kappa shape index (κ2) is 4.48. The second-order valence-corrected chi connectivity index (χ2v) is 7.84. The highest BCUT2D eigenvalue weighted by molar-refractivity contribution is 9.10. The normalized spacial score (nSPS) is 28.2. The first kappa shape index (κ1) is 13.9. The van der Waals surface area contributed by atoms with Gasteiger partial charge in [-0.25, -0.2) is 4.79 Å². The predicted octanol–water partition coefficient (Wildman–Crippen LogP) is 3.96. The largest absolute Gasteiger partial charge is 0.444 e. The van der Waals surface area contributed by atoms with Gasteiger partial charge in [0.25, 0.3) is 0 Å². The Hall–Kier alpha value is -1.03. The molecule has 2 fully saturated rings. The van der Waals surface area contributed by atoms with Gasteiger partial charge in [0.2, 0.25) is 0 Å². The predicted molar refractivity (Wildman–Crippen MR) is 81.7 cm³/mol. The van der Waals surface area contributed by atoms with E-state index in [0.717, 1.165) is 17.6 Å². The van der Waals surface area contributed by atoms with E-state index in [9.17, 15) is 4.79 Å². The van der Waals surface area contributed by atoms with Crippen molar-refractivity contribution in [3.63, 3.8) is 0 Å². The molecule has 3 rings (SSSR count). The molecule has 108 valence electrons. The molecule has 0 aromatic heterocycles. The zero-order valence-electron chi connectivity index (χ0n) is 12.1. The first-order chi connectivity index (χ1) is 9.30. The highest BCUT2D eigenvalue weighted by Gasteiger charge is 2.62. The van der Waals surface area contributed by atoms with Crippen molar-refractivity contribution in [3.8, 4) is 0 Å². The second-order valence-electron chi connectivity index (χ2n) is 6.93. The molecule has 0 unspecified atom stereocenters. The number of hydrogen-bond acceptors (Lipinski definition) is 2. The average molecular weight is 338 g/mol. The lowest BCUT2D eigenvalue weighted by Gasteiger charge is -2.26. The van der Waals surface area contributed by atoms with E-state index in [1.54, 1.807) is 0 Å².